The summed E-state index contributed by atoms with van der Waals surface area (Å²) in [6.45, 7) is 4.09. The molecule has 32 heavy (non-hydrogen) atoms. The second-order valence-corrected chi connectivity index (χ2v) is 8.27. The number of carbonyl (C=O) groups is 2. The number of hydrogen-bond donors (Lipinski definition) is 2. The van der Waals surface area contributed by atoms with Gasteiger partial charge < -0.3 is 15.5 Å². The van der Waals surface area contributed by atoms with E-state index in [4.69, 9.17) is 0 Å². The fourth-order valence-electron chi connectivity index (χ4n) is 4.51. The number of piperidine rings is 1. The van der Waals surface area contributed by atoms with E-state index in [-0.39, 0.29) is 29.3 Å². The number of hydrogen-bond acceptors (Lipinski definition) is 6. The van der Waals surface area contributed by atoms with E-state index in [2.05, 4.69) is 37.7 Å². The van der Waals surface area contributed by atoms with Crippen LogP contribution < -0.4 is 20.4 Å². The number of carbonyl (C=O) groups excluding carboxylic acids is 2. The van der Waals surface area contributed by atoms with Crippen LogP contribution in [0.3, 0.4) is 0 Å². The van der Waals surface area contributed by atoms with E-state index in [9.17, 15) is 9.59 Å². The summed E-state index contributed by atoms with van der Waals surface area (Å²) in [4.78, 5) is 38.4. The van der Waals surface area contributed by atoms with Gasteiger partial charge in [-0.05, 0) is 24.1 Å². The zero-order valence-electron chi connectivity index (χ0n) is 17.8. The lowest BCUT2D eigenvalue weighted by Crippen LogP contribution is -2.44. The number of pyridine rings is 2. The SMILES string of the molecule is O=C(Nc1cnccc1N1CCNCC1)c1cccc(N2CC3C=CC=CC3CC2=O)n1. The Hall–Kier alpha value is -3.52. The summed E-state index contributed by atoms with van der Waals surface area (Å²) in [5.41, 5.74) is 1.87. The molecule has 3 aliphatic rings. The fraction of sp³-hybridized carbons (Fsp3) is 0.333. The van der Waals surface area contributed by atoms with E-state index in [1.165, 1.54) is 0 Å². The monoisotopic (exact) mass is 430 g/mol. The third-order valence-electron chi connectivity index (χ3n) is 6.23. The topological polar surface area (TPSA) is 90.5 Å². The summed E-state index contributed by atoms with van der Waals surface area (Å²) in [6.07, 6.45) is 12.1. The van der Waals surface area contributed by atoms with Crippen LogP contribution in [0.2, 0.25) is 0 Å². The zero-order chi connectivity index (χ0) is 21.9. The van der Waals surface area contributed by atoms with Crippen LogP contribution in [0.15, 0.2) is 61.0 Å². The van der Waals surface area contributed by atoms with Crippen LogP contribution in [0.1, 0.15) is 16.9 Å². The Morgan fingerprint density at radius 3 is 2.75 bits per heavy atom. The third kappa shape index (κ3) is 4.13. The average molecular weight is 431 g/mol. The van der Waals surface area contributed by atoms with Crippen LogP contribution in [0.25, 0.3) is 0 Å². The molecule has 2 unspecified atom stereocenters. The van der Waals surface area contributed by atoms with E-state index < -0.39 is 0 Å². The number of amides is 2. The first-order valence-electron chi connectivity index (χ1n) is 11.0. The molecular weight excluding hydrogens is 404 g/mol. The summed E-state index contributed by atoms with van der Waals surface area (Å²) in [6, 6.07) is 7.14. The zero-order valence-corrected chi connectivity index (χ0v) is 17.8. The van der Waals surface area contributed by atoms with E-state index >= 15 is 0 Å². The van der Waals surface area contributed by atoms with Gasteiger partial charge in [0.05, 0.1) is 17.6 Å². The molecule has 0 bridgehead atoms. The smallest absolute Gasteiger partial charge is 0.274 e. The van der Waals surface area contributed by atoms with Gasteiger partial charge in [0.2, 0.25) is 5.91 Å². The number of nitrogens with zero attached hydrogens (tertiary/aromatic N) is 4. The van der Waals surface area contributed by atoms with Crippen molar-refractivity contribution >= 4 is 29.0 Å². The number of fused-ring (bicyclic) bond motifs is 1. The molecule has 2 saturated heterocycles. The number of nitrogens with one attached hydrogen (secondary N) is 2. The van der Waals surface area contributed by atoms with Crippen molar-refractivity contribution in [3.63, 3.8) is 0 Å². The molecule has 0 aromatic carbocycles. The molecule has 2 atom stereocenters. The summed E-state index contributed by atoms with van der Waals surface area (Å²) in [5, 5.41) is 6.30. The summed E-state index contributed by atoms with van der Waals surface area (Å²) in [7, 11) is 0. The van der Waals surface area contributed by atoms with Gasteiger partial charge in [-0.2, -0.15) is 0 Å². The Bertz CT molecular complexity index is 1080. The van der Waals surface area contributed by atoms with Gasteiger partial charge in [0.25, 0.3) is 5.91 Å². The van der Waals surface area contributed by atoms with E-state index in [1.807, 2.05) is 18.2 Å². The largest absolute Gasteiger partial charge is 0.367 e. The van der Waals surface area contributed by atoms with Crippen molar-refractivity contribution in [2.24, 2.45) is 11.8 Å². The van der Waals surface area contributed by atoms with Crippen LogP contribution >= 0.6 is 0 Å². The Balaban J connectivity index is 1.34. The van der Waals surface area contributed by atoms with Crippen molar-refractivity contribution in [1.29, 1.82) is 0 Å². The molecule has 4 heterocycles. The minimum Gasteiger partial charge on any atom is -0.367 e. The normalized spacial score (nSPS) is 22.6. The molecule has 1 aliphatic carbocycles. The Morgan fingerprint density at radius 1 is 1.09 bits per heavy atom. The minimum atomic E-state index is -0.320. The van der Waals surface area contributed by atoms with Crippen molar-refractivity contribution in [1.82, 2.24) is 15.3 Å². The molecule has 2 aromatic rings. The first-order valence-corrected chi connectivity index (χ1v) is 11.0. The summed E-state index contributed by atoms with van der Waals surface area (Å²) >= 11 is 0. The van der Waals surface area contributed by atoms with Gasteiger partial charge in [0.15, 0.2) is 0 Å². The van der Waals surface area contributed by atoms with Crippen molar-refractivity contribution in [3.05, 3.63) is 66.7 Å². The van der Waals surface area contributed by atoms with Crippen LogP contribution in [-0.2, 0) is 4.79 Å². The quantitative estimate of drug-likeness (QED) is 0.773. The maximum Gasteiger partial charge on any atom is 0.274 e. The van der Waals surface area contributed by atoms with Gasteiger partial charge in [-0.15, -0.1) is 0 Å². The van der Waals surface area contributed by atoms with Crippen LogP contribution in [0.4, 0.5) is 17.2 Å². The molecular formula is C24H26N6O2. The second-order valence-electron chi connectivity index (χ2n) is 8.27. The Morgan fingerprint density at radius 2 is 1.91 bits per heavy atom. The van der Waals surface area contributed by atoms with E-state index in [1.54, 1.807) is 35.5 Å². The van der Waals surface area contributed by atoms with E-state index in [0.717, 1.165) is 31.9 Å². The highest BCUT2D eigenvalue weighted by Gasteiger charge is 2.33. The highest BCUT2D eigenvalue weighted by Crippen LogP contribution is 2.31. The molecule has 2 amide bonds. The molecule has 2 fully saturated rings. The number of allylic oxidation sites excluding steroid dienone is 3. The molecule has 5 rings (SSSR count). The number of piperazine rings is 1. The van der Waals surface area contributed by atoms with Crippen molar-refractivity contribution in [3.8, 4) is 0 Å². The Kier molecular flexibility index (Phi) is 5.68. The van der Waals surface area contributed by atoms with Gasteiger partial charge in [0.1, 0.15) is 11.5 Å². The lowest BCUT2D eigenvalue weighted by atomic mass is 9.82. The highest BCUT2D eigenvalue weighted by atomic mass is 16.2. The highest BCUT2D eigenvalue weighted by molar-refractivity contribution is 6.05. The Labute approximate surface area is 187 Å². The van der Waals surface area contributed by atoms with Crippen LogP contribution in [0.5, 0.6) is 0 Å². The molecule has 2 N–H and O–H groups in total. The average Bonchev–Trinajstić information content (AvgIpc) is 2.84. The number of aromatic nitrogens is 2. The molecule has 164 valence electrons. The van der Waals surface area contributed by atoms with Gasteiger partial charge in [-0.3, -0.25) is 19.5 Å². The molecule has 8 heteroatoms. The molecule has 0 saturated carbocycles. The maximum absolute atomic E-state index is 13.0. The van der Waals surface area contributed by atoms with E-state index in [0.29, 0.717) is 24.5 Å². The first kappa shape index (κ1) is 20.4. The lowest BCUT2D eigenvalue weighted by Gasteiger charge is -2.36. The number of anilines is 3. The third-order valence-corrected chi connectivity index (χ3v) is 6.23. The van der Waals surface area contributed by atoms with Crippen LogP contribution in [-0.4, -0.2) is 54.5 Å². The summed E-state index contributed by atoms with van der Waals surface area (Å²) < 4.78 is 0. The maximum atomic E-state index is 13.0. The van der Waals surface area contributed by atoms with Crippen molar-refractivity contribution in [2.45, 2.75) is 6.42 Å². The van der Waals surface area contributed by atoms with Crippen molar-refractivity contribution < 1.29 is 9.59 Å². The van der Waals surface area contributed by atoms with Crippen molar-refractivity contribution in [2.75, 3.05) is 47.8 Å². The van der Waals surface area contributed by atoms with Gasteiger partial charge in [-0.1, -0.05) is 30.4 Å². The number of rotatable bonds is 4. The molecule has 2 aliphatic heterocycles. The van der Waals surface area contributed by atoms with Gasteiger partial charge >= 0.3 is 0 Å². The molecule has 0 radical (unpaired) electrons. The van der Waals surface area contributed by atoms with Gasteiger partial charge in [0, 0.05) is 51.3 Å². The molecule has 8 nitrogen and oxygen atoms in total. The van der Waals surface area contributed by atoms with Crippen LogP contribution in [0, 0.1) is 11.8 Å². The second kappa shape index (κ2) is 8.92. The van der Waals surface area contributed by atoms with Gasteiger partial charge in [-0.25, -0.2) is 4.98 Å². The summed E-state index contributed by atoms with van der Waals surface area (Å²) in [5.74, 6) is 0.735. The minimum absolute atomic E-state index is 0.0320. The molecule has 2 aromatic heterocycles. The lowest BCUT2D eigenvalue weighted by molar-refractivity contribution is -0.120. The molecule has 0 spiro atoms. The predicted octanol–water partition coefficient (Wildman–Crippen LogP) is 2.23. The fourth-order valence-corrected chi connectivity index (χ4v) is 4.51. The predicted molar refractivity (Wildman–Crippen MR) is 124 cm³/mol. The first-order chi connectivity index (χ1) is 15.7. The standard InChI is InChI=1S/C24H26N6O2/c31-23-14-17-4-1-2-5-18(17)16-30(23)22-7-3-6-19(27-22)24(32)28-20-15-26-9-8-21(20)29-12-10-25-11-13-29/h1-9,15,17-18,25H,10-14,16H2,(H,28,32).